The Balaban J connectivity index is 2.05. The molecular weight excluding hydrogens is 154 g/mol. The standard InChI is InChI=1S/C7H6N5/c1-2-6(4-8-3-1)10-7-5-9-12-11-7/h1-5,10H. The summed E-state index contributed by atoms with van der Waals surface area (Å²) in [6.07, 6.45) is 4.96. The highest BCUT2D eigenvalue weighted by Crippen LogP contribution is 2.08. The molecule has 1 aromatic heterocycles. The summed E-state index contributed by atoms with van der Waals surface area (Å²) in [7, 11) is 0. The molecule has 1 aliphatic rings. The van der Waals surface area contributed by atoms with E-state index in [1.54, 1.807) is 18.6 Å². The minimum atomic E-state index is 0.628. The Labute approximate surface area is 69.2 Å². The van der Waals surface area contributed by atoms with Gasteiger partial charge in [-0.1, -0.05) is 0 Å². The molecule has 0 aliphatic carbocycles. The van der Waals surface area contributed by atoms with Crippen molar-refractivity contribution in [1.82, 2.24) is 10.4 Å². The van der Waals surface area contributed by atoms with Gasteiger partial charge in [0.15, 0.2) is 5.82 Å². The van der Waals surface area contributed by atoms with E-state index in [2.05, 4.69) is 26.1 Å². The molecule has 1 aromatic rings. The first kappa shape index (κ1) is 6.78. The molecule has 0 fully saturated rings. The molecule has 0 unspecified atom stereocenters. The zero-order valence-electron chi connectivity index (χ0n) is 6.18. The second-order valence-corrected chi connectivity index (χ2v) is 2.19. The van der Waals surface area contributed by atoms with Crippen molar-refractivity contribution in [1.29, 1.82) is 0 Å². The van der Waals surface area contributed by atoms with E-state index in [9.17, 15) is 0 Å². The Kier molecular flexibility index (Phi) is 1.69. The fourth-order valence-electron chi connectivity index (χ4n) is 0.822. The molecule has 0 saturated carbocycles. The average molecular weight is 160 g/mol. The lowest BCUT2D eigenvalue weighted by molar-refractivity contribution is 0.857. The van der Waals surface area contributed by atoms with Crippen molar-refractivity contribution in [2.45, 2.75) is 0 Å². The van der Waals surface area contributed by atoms with Crippen LogP contribution in [0.4, 0.5) is 5.69 Å². The van der Waals surface area contributed by atoms with Gasteiger partial charge in [0.2, 0.25) is 0 Å². The summed E-state index contributed by atoms with van der Waals surface area (Å²) in [6, 6.07) is 3.73. The molecule has 1 aliphatic heterocycles. The maximum Gasteiger partial charge on any atom is 0.175 e. The molecule has 0 atom stereocenters. The number of nitrogens with one attached hydrogen (secondary N) is 1. The average Bonchev–Trinajstić information content (AvgIpc) is 2.59. The normalized spacial score (nSPS) is 13.8. The molecule has 0 aromatic carbocycles. The van der Waals surface area contributed by atoms with E-state index < -0.39 is 0 Å². The van der Waals surface area contributed by atoms with Gasteiger partial charge in [0.25, 0.3) is 0 Å². The first-order valence-corrected chi connectivity index (χ1v) is 3.43. The second-order valence-electron chi connectivity index (χ2n) is 2.19. The van der Waals surface area contributed by atoms with Crippen LogP contribution in [0.2, 0.25) is 0 Å². The first-order valence-electron chi connectivity index (χ1n) is 3.43. The van der Waals surface area contributed by atoms with E-state index in [0.717, 1.165) is 5.69 Å². The highest BCUT2D eigenvalue weighted by molar-refractivity contribution is 5.45. The summed E-state index contributed by atoms with van der Waals surface area (Å²) in [5, 5.41) is 10.00. The van der Waals surface area contributed by atoms with Crippen molar-refractivity contribution in [3.05, 3.63) is 36.5 Å². The fourth-order valence-corrected chi connectivity index (χ4v) is 0.822. The minimum absolute atomic E-state index is 0.628. The van der Waals surface area contributed by atoms with E-state index >= 15 is 0 Å². The molecule has 1 radical (unpaired) electrons. The summed E-state index contributed by atoms with van der Waals surface area (Å²) in [6.45, 7) is 0. The molecule has 0 amide bonds. The Morgan fingerprint density at radius 1 is 1.33 bits per heavy atom. The van der Waals surface area contributed by atoms with E-state index in [0.29, 0.717) is 5.82 Å². The quantitative estimate of drug-likeness (QED) is 0.708. The molecule has 2 rings (SSSR count). The lowest BCUT2D eigenvalue weighted by Gasteiger charge is -2.01. The van der Waals surface area contributed by atoms with Gasteiger partial charge in [-0.2, -0.15) is 0 Å². The molecule has 12 heavy (non-hydrogen) atoms. The van der Waals surface area contributed by atoms with E-state index in [1.165, 1.54) is 0 Å². The second kappa shape index (κ2) is 3.00. The third kappa shape index (κ3) is 1.39. The van der Waals surface area contributed by atoms with E-state index in [-0.39, 0.29) is 0 Å². The number of nitrogens with zero attached hydrogens (tertiary/aromatic N) is 4. The van der Waals surface area contributed by atoms with Gasteiger partial charge in [-0.3, -0.25) is 4.98 Å². The van der Waals surface area contributed by atoms with Gasteiger partial charge < -0.3 is 5.32 Å². The summed E-state index contributed by atoms with van der Waals surface area (Å²) in [4.78, 5) is 3.93. The Bertz CT molecular complexity index is 316. The third-order valence-corrected chi connectivity index (χ3v) is 1.32. The maximum absolute atomic E-state index is 3.93. The molecule has 0 saturated heterocycles. The molecule has 5 nitrogen and oxygen atoms in total. The smallest absolute Gasteiger partial charge is 0.175 e. The van der Waals surface area contributed by atoms with Crippen LogP contribution in [-0.2, 0) is 0 Å². The van der Waals surface area contributed by atoms with Crippen LogP contribution in [0.25, 0.3) is 0 Å². The van der Waals surface area contributed by atoms with Crippen LogP contribution >= 0.6 is 0 Å². The van der Waals surface area contributed by atoms with Gasteiger partial charge in [-0.05, 0) is 17.4 Å². The van der Waals surface area contributed by atoms with Crippen molar-refractivity contribution in [3.63, 3.8) is 0 Å². The fraction of sp³-hybridized carbons (Fsp3) is 0. The van der Waals surface area contributed by atoms with Gasteiger partial charge in [0, 0.05) is 6.20 Å². The summed E-state index contributed by atoms with van der Waals surface area (Å²) in [5.74, 6) is 0.628. The van der Waals surface area contributed by atoms with Gasteiger partial charge >= 0.3 is 0 Å². The van der Waals surface area contributed by atoms with Crippen LogP contribution in [0.5, 0.6) is 0 Å². The van der Waals surface area contributed by atoms with Gasteiger partial charge in [-0.25, -0.2) is 0 Å². The molecule has 0 spiro atoms. The molecule has 0 bridgehead atoms. The number of rotatable bonds is 2. The molecule has 2 heterocycles. The van der Waals surface area contributed by atoms with Crippen LogP contribution < -0.4 is 10.7 Å². The zero-order valence-corrected chi connectivity index (χ0v) is 6.18. The Morgan fingerprint density at radius 3 is 3.00 bits per heavy atom. The van der Waals surface area contributed by atoms with Gasteiger partial charge in [0.1, 0.15) is 0 Å². The van der Waals surface area contributed by atoms with Gasteiger partial charge in [0.05, 0.1) is 18.1 Å². The number of aromatic nitrogens is 1. The lowest BCUT2D eigenvalue weighted by Crippen LogP contribution is -2.04. The SMILES string of the molecule is C1=C(Nc2cccnc2)[N]N=N1. The predicted octanol–water partition coefficient (Wildman–Crippen LogP) is 1.28. The van der Waals surface area contributed by atoms with Crippen LogP contribution in [0.15, 0.2) is 46.9 Å². The third-order valence-electron chi connectivity index (χ3n) is 1.32. The van der Waals surface area contributed by atoms with Crippen molar-refractivity contribution >= 4 is 5.69 Å². The lowest BCUT2D eigenvalue weighted by atomic mass is 10.4. The zero-order chi connectivity index (χ0) is 8.23. The highest BCUT2D eigenvalue weighted by atomic mass is 15.5. The van der Waals surface area contributed by atoms with Crippen LogP contribution in [-0.4, -0.2) is 4.98 Å². The number of hydrogen-bond donors (Lipinski definition) is 1. The summed E-state index contributed by atoms with van der Waals surface area (Å²) >= 11 is 0. The van der Waals surface area contributed by atoms with Crippen LogP contribution in [0.1, 0.15) is 0 Å². The van der Waals surface area contributed by atoms with Crippen molar-refractivity contribution < 1.29 is 0 Å². The van der Waals surface area contributed by atoms with E-state index in [4.69, 9.17) is 0 Å². The molecule has 1 N–H and O–H groups in total. The Morgan fingerprint density at radius 2 is 2.33 bits per heavy atom. The molecule has 5 heteroatoms. The van der Waals surface area contributed by atoms with Crippen molar-refractivity contribution in [3.8, 4) is 0 Å². The summed E-state index contributed by atoms with van der Waals surface area (Å²) < 4.78 is 0. The molecular formula is C7H6N5. The number of pyridine rings is 1. The summed E-state index contributed by atoms with van der Waals surface area (Å²) in [5.41, 5.74) is 4.59. The minimum Gasteiger partial charge on any atom is -0.336 e. The monoisotopic (exact) mass is 160 g/mol. The van der Waals surface area contributed by atoms with Gasteiger partial charge in [-0.15, -0.1) is 10.5 Å². The predicted molar refractivity (Wildman–Crippen MR) is 42.9 cm³/mol. The van der Waals surface area contributed by atoms with E-state index in [1.807, 2.05) is 12.1 Å². The number of hydrogen-bond acceptors (Lipinski definition) is 4. The van der Waals surface area contributed by atoms with Crippen molar-refractivity contribution in [2.75, 3.05) is 5.32 Å². The van der Waals surface area contributed by atoms with Crippen LogP contribution in [0, 0.1) is 0 Å². The molecule has 59 valence electrons. The highest BCUT2D eigenvalue weighted by Gasteiger charge is 2.01. The first-order chi connectivity index (χ1) is 5.95. The van der Waals surface area contributed by atoms with Crippen LogP contribution in [0.3, 0.4) is 0 Å². The largest absolute Gasteiger partial charge is 0.336 e. The number of anilines is 1. The Hall–Kier alpha value is -1.91. The topological polar surface area (TPSA) is 63.7 Å². The van der Waals surface area contributed by atoms with Crippen molar-refractivity contribution in [2.24, 2.45) is 10.3 Å². The maximum atomic E-state index is 3.93.